The number of hydrogen-bond acceptors (Lipinski definition) is 5. The lowest BCUT2D eigenvalue weighted by Gasteiger charge is -2.09. The molecule has 0 fully saturated rings. The van der Waals surface area contributed by atoms with Gasteiger partial charge in [0.1, 0.15) is 29.6 Å². The third-order valence-electron chi connectivity index (χ3n) is 4.79. The minimum Gasteiger partial charge on any atom is -0.489 e. The van der Waals surface area contributed by atoms with Crippen LogP contribution >= 0.6 is 0 Å². The lowest BCUT2D eigenvalue weighted by Crippen LogP contribution is -2.04. The predicted octanol–water partition coefficient (Wildman–Crippen LogP) is 3.88. The van der Waals surface area contributed by atoms with Gasteiger partial charge in [-0.3, -0.25) is 9.97 Å². The summed E-state index contributed by atoms with van der Waals surface area (Å²) in [7, 11) is 0. The Morgan fingerprint density at radius 3 is 2.64 bits per heavy atom. The summed E-state index contributed by atoms with van der Waals surface area (Å²) in [5.41, 5.74) is 4.99. The molecule has 6 heteroatoms. The molecule has 0 bridgehead atoms. The minimum absolute atomic E-state index is 0.551. The average Bonchev–Trinajstić information content (AvgIpc) is 3.37. The van der Waals surface area contributed by atoms with Crippen LogP contribution < -0.4 is 10.1 Å². The van der Waals surface area contributed by atoms with Crippen molar-refractivity contribution < 1.29 is 4.74 Å². The van der Waals surface area contributed by atoms with Gasteiger partial charge in [0.2, 0.25) is 0 Å². The van der Waals surface area contributed by atoms with Crippen LogP contribution in [0.5, 0.6) is 5.75 Å². The quantitative estimate of drug-likeness (QED) is 0.578. The van der Waals surface area contributed by atoms with Crippen LogP contribution in [0.25, 0.3) is 17.1 Å². The van der Waals surface area contributed by atoms with E-state index in [4.69, 9.17) is 9.84 Å². The highest BCUT2D eigenvalue weighted by molar-refractivity contribution is 5.70. The second-order valence-corrected chi connectivity index (χ2v) is 6.62. The van der Waals surface area contributed by atoms with Crippen molar-refractivity contribution in [3.8, 4) is 22.8 Å². The van der Waals surface area contributed by atoms with Crippen LogP contribution in [0, 0.1) is 0 Å². The summed E-state index contributed by atoms with van der Waals surface area (Å²) in [5, 5.41) is 8.25. The van der Waals surface area contributed by atoms with Crippen LogP contribution in [0.4, 0.5) is 5.82 Å². The van der Waals surface area contributed by atoms with E-state index in [0.29, 0.717) is 6.61 Å². The first-order valence-electron chi connectivity index (χ1n) is 9.28. The van der Waals surface area contributed by atoms with Gasteiger partial charge in [0.15, 0.2) is 0 Å². The maximum Gasteiger partial charge on any atom is 0.133 e. The summed E-state index contributed by atoms with van der Waals surface area (Å²) < 4.78 is 7.82. The molecule has 0 radical (unpaired) electrons. The van der Waals surface area contributed by atoms with Gasteiger partial charge in [-0.15, -0.1) is 0 Å². The van der Waals surface area contributed by atoms with Gasteiger partial charge in [-0.1, -0.05) is 30.3 Å². The Labute approximate surface area is 162 Å². The standard InChI is InChI=1S/C22H19N5O/c1-2-4-16(5-3-1)15-28-18-8-6-17(7-9-18)27-22-19(10-11-25-22)21(26-27)20-14-23-12-13-24-20/h1-9,12-14,25H,10-11,15H2. The van der Waals surface area contributed by atoms with Gasteiger partial charge in [0, 0.05) is 24.5 Å². The van der Waals surface area contributed by atoms with Crippen LogP contribution in [0.3, 0.4) is 0 Å². The van der Waals surface area contributed by atoms with Gasteiger partial charge in [-0.25, -0.2) is 4.68 Å². The molecule has 2 aromatic carbocycles. The van der Waals surface area contributed by atoms with Crippen molar-refractivity contribution in [1.29, 1.82) is 0 Å². The fourth-order valence-electron chi connectivity index (χ4n) is 3.41. The monoisotopic (exact) mass is 369 g/mol. The molecule has 0 unspecified atom stereocenters. The summed E-state index contributed by atoms with van der Waals surface area (Å²) in [6.45, 7) is 1.45. The number of nitrogens with zero attached hydrogens (tertiary/aromatic N) is 4. The maximum absolute atomic E-state index is 5.89. The van der Waals surface area contributed by atoms with Crippen molar-refractivity contribution in [2.75, 3.05) is 11.9 Å². The molecule has 0 saturated heterocycles. The smallest absolute Gasteiger partial charge is 0.133 e. The molecule has 138 valence electrons. The van der Waals surface area contributed by atoms with E-state index < -0.39 is 0 Å². The van der Waals surface area contributed by atoms with Crippen molar-refractivity contribution in [2.24, 2.45) is 0 Å². The summed E-state index contributed by atoms with van der Waals surface area (Å²) in [6, 6.07) is 18.1. The number of anilines is 1. The Morgan fingerprint density at radius 2 is 1.86 bits per heavy atom. The topological polar surface area (TPSA) is 64.9 Å². The van der Waals surface area contributed by atoms with Crippen molar-refractivity contribution in [1.82, 2.24) is 19.7 Å². The molecule has 2 aromatic heterocycles. The molecule has 4 aromatic rings. The van der Waals surface area contributed by atoms with Crippen LogP contribution in [0.1, 0.15) is 11.1 Å². The predicted molar refractivity (Wildman–Crippen MR) is 108 cm³/mol. The zero-order valence-corrected chi connectivity index (χ0v) is 15.2. The molecule has 0 atom stereocenters. The van der Waals surface area contributed by atoms with Gasteiger partial charge < -0.3 is 10.1 Å². The molecule has 1 aliphatic rings. The van der Waals surface area contributed by atoms with Crippen LogP contribution in [0.15, 0.2) is 73.2 Å². The lowest BCUT2D eigenvalue weighted by atomic mass is 10.1. The first kappa shape index (κ1) is 16.5. The Morgan fingerprint density at radius 1 is 1.00 bits per heavy atom. The van der Waals surface area contributed by atoms with E-state index in [1.807, 2.05) is 47.1 Å². The third kappa shape index (κ3) is 3.09. The zero-order valence-electron chi connectivity index (χ0n) is 15.2. The van der Waals surface area contributed by atoms with Crippen LogP contribution in [0.2, 0.25) is 0 Å². The minimum atomic E-state index is 0.551. The van der Waals surface area contributed by atoms with E-state index in [1.54, 1.807) is 18.6 Å². The number of nitrogens with one attached hydrogen (secondary N) is 1. The summed E-state index contributed by atoms with van der Waals surface area (Å²) in [4.78, 5) is 8.59. The molecule has 5 rings (SSSR count). The number of aromatic nitrogens is 4. The van der Waals surface area contributed by atoms with E-state index in [2.05, 4.69) is 27.4 Å². The molecule has 1 N–H and O–H groups in total. The Kier molecular flexibility index (Phi) is 4.21. The molecular formula is C22H19N5O. The fourth-order valence-corrected chi connectivity index (χ4v) is 3.41. The van der Waals surface area contributed by atoms with E-state index in [-0.39, 0.29) is 0 Å². The molecule has 0 aliphatic carbocycles. The van der Waals surface area contributed by atoms with E-state index in [9.17, 15) is 0 Å². The largest absolute Gasteiger partial charge is 0.489 e. The second-order valence-electron chi connectivity index (χ2n) is 6.62. The highest BCUT2D eigenvalue weighted by atomic mass is 16.5. The zero-order chi connectivity index (χ0) is 18.8. The maximum atomic E-state index is 5.89. The third-order valence-corrected chi connectivity index (χ3v) is 4.79. The Balaban J connectivity index is 1.41. The average molecular weight is 369 g/mol. The summed E-state index contributed by atoms with van der Waals surface area (Å²) in [5.74, 6) is 1.86. The Bertz CT molecular complexity index is 1080. The fraction of sp³-hybridized carbons (Fsp3) is 0.136. The molecule has 28 heavy (non-hydrogen) atoms. The molecule has 6 nitrogen and oxygen atoms in total. The molecule has 1 aliphatic heterocycles. The SMILES string of the molecule is c1ccc(COc2ccc(-n3nc(-c4cnccn4)c4c3NCC4)cc2)cc1. The van der Waals surface area contributed by atoms with Gasteiger partial charge in [-0.05, 0) is 36.2 Å². The summed E-state index contributed by atoms with van der Waals surface area (Å²) in [6.07, 6.45) is 6.06. The van der Waals surface area contributed by atoms with Gasteiger partial charge in [0.25, 0.3) is 0 Å². The number of hydrogen-bond donors (Lipinski definition) is 1. The summed E-state index contributed by atoms with van der Waals surface area (Å²) >= 11 is 0. The number of benzene rings is 2. The Hall–Kier alpha value is -3.67. The van der Waals surface area contributed by atoms with Crippen molar-refractivity contribution >= 4 is 5.82 Å². The van der Waals surface area contributed by atoms with Gasteiger partial charge in [0.05, 0.1) is 11.9 Å². The number of rotatable bonds is 5. The van der Waals surface area contributed by atoms with Crippen LogP contribution in [-0.2, 0) is 13.0 Å². The molecule has 0 saturated carbocycles. The van der Waals surface area contributed by atoms with Crippen molar-refractivity contribution in [3.63, 3.8) is 0 Å². The molecule has 0 spiro atoms. The first-order valence-corrected chi connectivity index (χ1v) is 9.28. The van der Waals surface area contributed by atoms with Crippen LogP contribution in [-0.4, -0.2) is 26.3 Å². The van der Waals surface area contributed by atoms with Gasteiger partial charge >= 0.3 is 0 Å². The van der Waals surface area contributed by atoms with E-state index in [0.717, 1.165) is 47.2 Å². The highest BCUT2D eigenvalue weighted by Gasteiger charge is 2.24. The first-order chi connectivity index (χ1) is 13.9. The normalized spacial score (nSPS) is 12.4. The molecular weight excluding hydrogens is 350 g/mol. The second kappa shape index (κ2) is 7.15. The van der Waals surface area contributed by atoms with Crippen molar-refractivity contribution in [2.45, 2.75) is 13.0 Å². The number of ether oxygens (including phenoxy) is 1. The van der Waals surface area contributed by atoms with Crippen molar-refractivity contribution in [3.05, 3.63) is 84.3 Å². The van der Waals surface area contributed by atoms with E-state index >= 15 is 0 Å². The molecule has 3 heterocycles. The number of fused-ring (bicyclic) bond motifs is 1. The molecule has 0 amide bonds. The van der Waals surface area contributed by atoms with E-state index in [1.165, 1.54) is 5.56 Å². The lowest BCUT2D eigenvalue weighted by molar-refractivity contribution is 0.306. The highest BCUT2D eigenvalue weighted by Crippen LogP contribution is 2.33. The van der Waals surface area contributed by atoms with Gasteiger partial charge in [-0.2, -0.15) is 5.10 Å².